The zero-order chi connectivity index (χ0) is 16.9. The molecule has 0 unspecified atom stereocenters. The van der Waals surface area contributed by atoms with Gasteiger partial charge in [0, 0.05) is 12.8 Å². The van der Waals surface area contributed by atoms with Crippen LogP contribution in [0.2, 0.25) is 0 Å². The smallest absolute Gasteiger partial charge is 0.220 e. The van der Waals surface area contributed by atoms with Crippen LogP contribution in [0.3, 0.4) is 0 Å². The average Bonchev–Trinajstić information content (AvgIpc) is 2.89. The van der Waals surface area contributed by atoms with E-state index in [9.17, 15) is 9.90 Å². The second-order valence-corrected chi connectivity index (χ2v) is 6.23. The van der Waals surface area contributed by atoms with Gasteiger partial charge in [0.15, 0.2) is 0 Å². The van der Waals surface area contributed by atoms with Gasteiger partial charge in [0.05, 0.1) is 18.8 Å². The SMILES string of the molecule is Cc1ccccc1OCCCC(=O)N[C@@H]1c2ccccc2C[C@@H]1O. The molecular formula is C20H23NO3. The van der Waals surface area contributed by atoms with Gasteiger partial charge in [0.1, 0.15) is 5.75 Å². The Hall–Kier alpha value is -2.33. The van der Waals surface area contributed by atoms with Gasteiger partial charge >= 0.3 is 0 Å². The van der Waals surface area contributed by atoms with Crippen LogP contribution in [0.15, 0.2) is 48.5 Å². The van der Waals surface area contributed by atoms with Gasteiger partial charge in [-0.25, -0.2) is 0 Å². The van der Waals surface area contributed by atoms with Crippen LogP contribution in [-0.4, -0.2) is 23.7 Å². The fraction of sp³-hybridized carbons (Fsp3) is 0.350. The molecule has 2 aromatic rings. The van der Waals surface area contributed by atoms with Crippen molar-refractivity contribution in [3.63, 3.8) is 0 Å². The lowest BCUT2D eigenvalue weighted by Crippen LogP contribution is -2.33. The summed E-state index contributed by atoms with van der Waals surface area (Å²) in [6.45, 7) is 2.50. The molecule has 0 saturated carbocycles. The highest BCUT2D eigenvalue weighted by molar-refractivity contribution is 5.76. The molecule has 0 radical (unpaired) electrons. The summed E-state index contributed by atoms with van der Waals surface area (Å²) < 4.78 is 5.71. The number of rotatable bonds is 6. The van der Waals surface area contributed by atoms with Gasteiger partial charge in [0.25, 0.3) is 0 Å². The van der Waals surface area contributed by atoms with E-state index >= 15 is 0 Å². The minimum absolute atomic E-state index is 0.0517. The maximum absolute atomic E-state index is 12.2. The molecule has 0 aliphatic heterocycles. The molecule has 24 heavy (non-hydrogen) atoms. The number of carbonyl (C=O) groups is 1. The van der Waals surface area contributed by atoms with Crippen LogP contribution < -0.4 is 10.1 Å². The Kier molecular flexibility index (Phi) is 5.16. The van der Waals surface area contributed by atoms with E-state index in [1.807, 2.05) is 55.5 Å². The summed E-state index contributed by atoms with van der Waals surface area (Å²) in [7, 11) is 0. The van der Waals surface area contributed by atoms with Crippen LogP contribution in [0.25, 0.3) is 0 Å². The number of benzene rings is 2. The van der Waals surface area contributed by atoms with E-state index in [4.69, 9.17) is 4.74 Å². The minimum atomic E-state index is -0.547. The normalized spacial score (nSPS) is 18.9. The number of hydrogen-bond acceptors (Lipinski definition) is 3. The molecule has 3 rings (SSSR count). The summed E-state index contributed by atoms with van der Waals surface area (Å²) in [6.07, 6.45) is 1.08. The first-order valence-corrected chi connectivity index (χ1v) is 8.39. The molecule has 4 nitrogen and oxygen atoms in total. The van der Waals surface area contributed by atoms with Crippen LogP contribution in [-0.2, 0) is 11.2 Å². The third-order valence-corrected chi connectivity index (χ3v) is 4.42. The van der Waals surface area contributed by atoms with Crippen molar-refractivity contribution >= 4 is 5.91 Å². The molecule has 2 atom stereocenters. The maximum Gasteiger partial charge on any atom is 0.220 e. The van der Waals surface area contributed by atoms with E-state index in [-0.39, 0.29) is 11.9 Å². The molecule has 1 aliphatic carbocycles. The summed E-state index contributed by atoms with van der Waals surface area (Å²) in [6, 6.07) is 15.4. The second kappa shape index (κ2) is 7.49. The van der Waals surface area contributed by atoms with Crippen LogP contribution in [0.1, 0.15) is 35.6 Å². The summed E-state index contributed by atoms with van der Waals surface area (Å²) in [5, 5.41) is 13.1. The molecule has 2 aromatic carbocycles. The summed E-state index contributed by atoms with van der Waals surface area (Å²) in [5.41, 5.74) is 3.22. The number of ether oxygens (including phenoxy) is 1. The summed E-state index contributed by atoms with van der Waals surface area (Å²) in [4.78, 5) is 12.2. The number of aliphatic hydroxyl groups excluding tert-OH is 1. The first-order valence-electron chi connectivity index (χ1n) is 8.39. The predicted molar refractivity (Wildman–Crippen MR) is 92.9 cm³/mol. The lowest BCUT2D eigenvalue weighted by molar-refractivity contribution is -0.122. The fourth-order valence-electron chi connectivity index (χ4n) is 3.13. The van der Waals surface area contributed by atoms with Crippen molar-refractivity contribution in [2.75, 3.05) is 6.61 Å². The molecular weight excluding hydrogens is 302 g/mol. The zero-order valence-corrected chi connectivity index (χ0v) is 13.9. The number of aliphatic hydroxyl groups is 1. The van der Waals surface area contributed by atoms with Gasteiger partial charge < -0.3 is 15.2 Å². The van der Waals surface area contributed by atoms with E-state index in [0.29, 0.717) is 25.9 Å². The predicted octanol–water partition coefficient (Wildman–Crippen LogP) is 2.93. The van der Waals surface area contributed by atoms with Gasteiger partial charge in [0.2, 0.25) is 5.91 Å². The van der Waals surface area contributed by atoms with E-state index in [1.54, 1.807) is 0 Å². The zero-order valence-electron chi connectivity index (χ0n) is 13.9. The third kappa shape index (κ3) is 3.77. The standard InChI is InChI=1S/C20H23NO3/c1-14-7-2-5-10-18(14)24-12-6-11-19(23)21-20-16-9-4-3-8-15(16)13-17(20)22/h2-5,7-10,17,20,22H,6,11-13H2,1H3,(H,21,23)/t17-,20+/m0/s1. The lowest BCUT2D eigenvalue weighted by Gasteiger charge is -2.18. The molecule has 1 aliphatic rings. The maximum atomic E-state index is 12.2. The first kappa shape index (κ1) is 16.5. The number of para-hydroxylation sites is 1. The van der Waals surface area contributed by atoms with Crippen LogP contribution >= 0.6 is 0 Å². The van der Waals surface area contributed by atoms with Gasteiger partial charge in [-0.05, 0) is 36.1 Å². The van der Waals surface area contributed by atoms with Gasteiger partial charge in [-0.1, -0.05) is 42.5 Å². The third-order valence-electron chi connectivity index (χ3n) is 4.42. The first-order chi connectivity index (χ1) is 11.6. The van der Waals surface area contributed by atoms with Crippen molar-refractivity contribution in [1.82, 2.24) is 5.32 Å². The van der Waals surface area contributed by atoms with Crippen molar-refractivity contribution in [2.45, 2.75) is 38.3 Å². The number of hydrogen-bond donors (Lipinski definition) is 2. The molecule has 0 heterocycles. The van der Waals surface area contributed by atoms with E-state index < -0.39 is 6.10 Å². The summed E-state index contributed by atoms with van der Waals surface area (Å²) in [5.74, 6) is 0.808. The molecule has 1 amide bonds. The monoisotopic (exact) mass is 325 g/mol. The molecule has 4 heteroatoms. The van der Waals surface area contributed by atoms with Gasteiger partial charge in [-0.3, -0.25) is 4.79 Å². The van der Waals surface area contributed by atoms with Crippen molar-refractivity contribution in [2.24, 2.45) is 0 Å². The largest absolute Gasteiger partial charge is 0.493 e. The molecule has 0 fully saturated rings. The minimum Gasteiger partial charge on any atom is -0.493 e. The Morgan fingerprint density at radius 3 is 2.79 bits per heavy atom. The number of carbonyl (C=O) groups excluding carboxylic acids is 1. The Balaban J connectivity index is 1.46. The van der Waals surface area contributed by atoms with Crippen LogP contribution in [0, 0.1) is 6.92 Å². The molecule has 2 N–H and O–H groups in total. The molecule has 0 spiro atoms. The second-order valence-electron chi connectivity index (χ2n) is 6.23. The average molecular weight is 325 g/mol. The van der Waals surface area contributed by atoms with Crippen molar-refractivity contribution < 1.29 is 14.6 Å². The van der Waals surface area contributed by atoms with Gasteiger partial charge in [-0.2, -0.15) is 0 Å². The Morgan fingerprint density at radius 1 is 1.21 bits per heavy atom. The quantitative estimate of drug-likeness (QED) is 0.803. The Morgan fingerprint density at radius 2 is 1.96 bits per heavy atom. The van der Waals surface area contributed by atoms with Gasteiger partial charge in [-0.15, -0.1) is 0 Å². The topological polar surface area (TPSA) is 58.6 Å². The van der Waals surface area contributed by atoms with E-state index in [0.717, 1.165) is 22.4 Å². The number of amides is 1. The number of fused-ring (bicyclic) bond motifs is 1. The highest BCUT2D eigenvalue weighted by Gasteiger charge is 2.31. The van der Waals surface area contributed by atoms with Crippen molar-refractivity contribution in [1.29, 1.82) is 0 Å². The molecule has 0 bridgehead atoms. The van der Waals surface area contributed by atoms with Crippen molar-refractivity contribution in [3.05, 3.63) is 65.2 Å². The Bertz CT molecular complexity index is 714. The van der Waals surface area contributed by atoms with E-state index in [1.165, 1.54) is 0 Å². The molecule has 126 valence electrons. The van der Waals surface area contributed by atoms with Crippen LogP contribution in [0.4, 0.5) is 0 Å². The molecule has 0 aromatic heterocycles. The van der Waals surface area contributed by atoms with E-state index in [2.05, 4.69) is 5.32 Å². The summed E-state index contributed by atoms with van der Waals surface area (Å²) >= 11 is 0. The highest BCUT2D eigenvalue weighted by Crippen LogP contribution is 2.31. The fourth-order valence-corrected chi connectivity index (χ4v) is 3.13. The lowest BCUT2D eigenvalue weighted by atomic mass is 10.1. The Labute approximate surface area is 142 Å². The van der Waals surface area contributed by atoms with Crippen LogP contribution in [0.5, 0.6) is 5.75 Å². The molecule has 0 saturated heterocycles. The number of nitrogens with one attached hydrogen (secondary N) is 1. The number of aryl methyl sites for hydroxylation is 1. The van der Waals surface area contributed by atoms with Crippen molar-refractivity contribution in [3.8, 4) is 5.75 Å². The highest BCUT2D eigenvalue weighted by atomic mass is 16.5.